The number of halogens is 1. The average molecular weight is 423 g/mol. The molecule has 3 aromatic rings. The highest BCUT2D eigenvalue weighted by Gasteiger charge is 2.35. The lowest BCUT2D eigenvalue weighted by Gasteiger charge is -2.46. The van der Waals surface area contributed by atoms with E-state index >= 15 is 0 Å². The van der Waals surface area contributed by atoms with Crippen LogP contribution in [0, 0.1) is 5.92 Å². The first-order chi connectivity index (χ1) is 14.8. The van der Waals surface area contributed by atoms with Crippen LogP contribution in [0.2, 0.25) is 5.02 Å². The van der Waals surface area contributed by atoms with Crippen LogP contribution < -0.4 is 10.6 Å². The average Bonchev–Trinajstić information content (AvgIpc) is 3.36. The molecule has 2 unspecified atom stereocenters. The van der Waals surface area contributed by atoms with Gasteiger partial charge in [0, 0.05) is 30.6 Å². The van der Waals surface area contributed by atoms with Crippen molar-refractivity contribution in [3.05, 3.63) is 53.5 Å². The molecule has 0 saturated carbocycles. The van der Waals surface area contributed by atoms with Gasteiger partial charge in [-0.3, -0.25) is 14.7 Å². The van der Waals surface area contributed by atoms with E-state index in [9.17, 15) is 0 Å². The Morgan fingerprint density at radius 2 is 2.07 bits per heavy atom. The maximum absolute atomic E-state index is 6.49. The Kier molecular flexibility index (Phi) is 4.40. The summed E-state index contributed by atoms with van der Waals surface area (Å²) in [6.07, 6.45) is 9.72. The molecule has 7 rings (SSSR count). The van der Waals surface area contributed by atoms with Gasteiger partial charge in [-0.05, 0) is 44.0 Å². The first kappa shape index (κ1) is 18.2. The summed E-state index contributed by atoms with van der Waals surface area (Å²) in [6, 6.07) is 8.21. The molecule has 0 radical (unpaired) electrons. The van der Waals surface area contributed by atoms with Crippen LogP contribution in [-0.4, -0.2) is 52.5 Å². The molecule has 4 aliphatic heterocycles. The summed E-state index contributed by atoms with van der Waals surface area (Å²) >= 11 is 6.49. The Hall–Kier alpha value is -2.61. The number of rotatable bonds is 4. The molecule has 4 aliphatic rings. The van der Waals surface area contributed by atoms with Gasteiger partial charge < -0.3 is 14.6 Å². The summed E-state index contributed by atoms with van der Waals surface area (Å²) in [5, 5.41) is 7.94. The maximum atomic E-state index is 6.49. The van der Waals surface area contributed by atoms with Crippen molar-refractivity contribution in [1.29, 1.82) is 0 Å². The summed E-state index contributed by atoms with van der Waals surface area (Å²) in [4.78, 5) is 11.9. The highest BCUT2D eigenvalue weighted by molar-refractivity contribution is 6.33. The number of hydrogen-bond acceptors (Lipinski definition) is 6. The first-order valence-electron chi connectivity index (χ1n) is 10.5. The second-order valence-electron chi connectivity index (χ2n) is 8.18. The number of nitrogens with one attached hydrogen (secondary N) is 2. The summed E-state index contributed by atoms with van der Waals surface area (Å²) in [5.41, 5.74) is 3.52. The van der Waals surface area contributed by atoms with Gasteiger partial charge >= 0.3 is 5.84 Å². The Bertz CT molecular complexity index is 1140. The minimum absolute atomic E-state index is 0.174. The molecule has 8 heteroatoms. The SMILES string of the molecule is Clc1ccccc1-c1nc2occn2c1C1=CC=NC(NC2CN3CCC2CC3)N1. The minimum Gasteiger partial charge on any atom is -0.432 e. The summed E-state index contributed by atoms with van der Waals surface area (Å²) in [5.74, 6) is 1.27. The zero-order valence-electron chi connectivity index (χ0n) is 16.5. The smallest absolute Gasteiger partial charge is 0.306 e. The van der Waals surface area contributed by atoms with Crippen LogP contribution in [0.1, 0.15) is 18.5 Å². The second-order valence-corrected chi connectivity index (χ2v) is 8.59. The molecule has 0 spiro atoms. The third-order valence-corrected chi connectivity index (χ3v) is 6.77. The Balaban J connectivity index is 1.32. The van der Waals surface area contributed by atoms with Gasteiger partial charge in [-0.25, -0.2) is 0 Å². The molecule has 2 aromatic heterocycles. The number of benzene rings is 1. The molecule has 2 N–H and O–H groups in total. The zero-order valence-corrected chi connectivity index (χ0v) is 17.2. The molecule has 3 saturated heterocycles. The number of piperidine rings is 3. The van der Waals surface area contributed by atoms with Crippen molar-refractivity contribution in [2.24, 2.45) is 10.9 Å². The predicted molar refractivity (Wildman–Crippen MR) is 117 cm³/mol. The van der Waals surface area contributed by atoms with Crippen LogP contribution in [0.3, 0.4) is 0 Å². The molecule has 6 heterocycles. The van der Waals surface area contributed by atoms with Crippen LogP contribution in [0.15, 0.2) is 52.2 Å². The molecule has 1 aromatic carbocycles. The first-order valence-corrected chi connectivity index (χ1v) is 10.8. The maximum Gasteiger partial charge on any atom is 0.306 e. The Labute approximate surface area is 179 Å². The summed E-state index contributed by atoms with van der Waals surface area (Å²) in [7, 11) is 0. The van der Waals surface area contributed by atoms with Gasteiger partial charge in [0.05, 0.1) is 16.4 Å². The fourth-order valence-electron chi connectivity index (χ4n) is 4.91. The largest absolute Gasteiger partial charge is 0.432 e. The van der Waals surface area contributed by atoms with E-state index in [-0.39, 0.29) is 6.29 Å². The standard InChI is InChI=1S/C22H23ClN6O/c23-16-4-2-1-3-15(16)19-20(29-11-12-30-22(29)27-19)17-5-8-24-21(25-17)26-18-13-28-9-6-14(18)7-10-28/h1-5,8,11-12,14,18,21,25-26H,6-7,9-10,13H2. The second kappa shape index (κ2) is 7.27. The van der Waals surface area contributed by atoms with Crippen molar-refractivity contribution in [3.8, 4) is 11.3 Å². The number of aliphatic imine (C=N–C) groups is 1. The molecule has 3 fully saturated rings. The van der Waals surface area contributed by atoms with Gasteiger partial charge in [-0.1, -0.05) is 29.8 Å². The number of aromatic nitrogens is 2. The fourth-order valence-corrected chi connectivity index (χ4v) is 5.13. The van der Waals surface area contributed by atoms with Gasteiger partial charge in [0.2, 0.25) is 0 Å². The molecule has 154 valence electrons. The van der Waals surface area contributed by atoms with Crippen LogP contribution in [-0.2, 0) is 0 Å². The van der Waals surface area contributed by atoms with Crippen molar-refractivity contribution in [1.82, 2.24) is 24.9 Å². The molecule has 30 heavy (non-hydrogen) atoms. The molecular weight excluding hydrogens is 400 g/mol. The number of allylic oxidation sites excluding steroid dienone is 1. The number of hydrogen-bond donors (Lipinski definition) is 2. The molecule has 2 bridgehead atoms. The van der Waals surface area contributed by atoms with E-state index in [1.54, 1.807) is 6.26 Å². The lowest BCUT2D eigenvalue weighted by Crippen LogP contribution is -2.60. The number of nitrogens with zero attached hydrogens (tertiary/aromatic N) is 4. The van der Waals surface area contributed by atoms with Crippen LogP contribution in [0.4, 0.5) is 0 Å². The van der Waals surface area contributed by atoms with Gasteiger partial charge in [0.25, 0.3) is 0 Å². The third-order valence-electron chi connectivity index (χ3n) is 6.44. The zero-order chi connectivity index (χ0) is 20.1. The fraction of sp³-hybridized carbons (Fsp3) is 0.364. The summed E-state index contributed by atoms with van der Waals surface area (Å²) < 4.78 is 7.52. The third kappa shape index (κ3) is 3.05. The van der Waals surface area contributed by atoms with Crippen molar-refractivity contribution in [2.45, 2.75) is 25.2 Å². The molecule has 0 amide bonds. The molecule has 7 nitrogen and oxygen atoms in total. The van der Waals surface area contributed by atoms with Gasteiger partial charge in [-0.15, -0.1) is 0 Å². The van der Waals surface area contributed by atoms with Gasteiger partial charge in [0.15, 0.2) is 6.29 Å². The van der Waals surface area contributed by atoms with E-state index in [4.69, 9.17) is 21.0 Å². The molecular formula is C22H23ClN6O. The van der Waals surface area contributed by atoms with Crippen molar-refractivity contribution >= 4 is 29.4 Å². The molecule has 0 aliphatic carbocycles. The topological polar surface area (TPSA) is 70.1 Å². The van der Waals surface area contributed by atoms with Gasteiger partial charge in [-0.2, -0.15) is 4.98 Å². The summed E-state index contributed by atoms with van der Waals surface area (Å²) in [6.45, 7) is 3.55. The monoisotopic (exact) mass is 422 g/mol. The van der Waals surface area contributed by atoms with Crippen molar-refractivity contribution in [3.63, 3.8) is 0 Å². The van der Waals surface area contributed by atoms with E-state index in [2.05, 4.69) is 20.5 Å². The predicted octanol–water partition coefficient (Wildman–Crippen LogP) is 3.23. The minimum atomic E-state index is -0.174. The number of oxazole rings is 1. The Morgan fingerprint density at radius 1 is 1.20 bits per heavy atom. The van der Waals surface area contributed by atoms with Crippen LogP contribution in [0.5, 0.6) is 0 Å². The number of fused-ring (bicyclic) bond motifs is 4. The number of imidazole rings is 1. The quantitative estimate of drug-likeness (QED) is 0.675. The van der Waals surface area contributed by atoms with Gasteiger partial charge in [0.1, 0.15) is 12.0 Å². The van der Waals surface area contributed by atoms with Crippen molar-refractivity contribution < 1.29 is 4.42 Å². The highest BCUT2D eigenvalue weighted by Crippen LogP contribution is 2.34. The van der Waals surface area contributed by atoms with E-state index in [1.807, 2.05) is 47.2 Å². The van der Waals surface area contributed by atoms with E-state index in [1.165, 1.54) is 25.9 Å². The highest BCUT2D eigenvalue weighted by atomic mass is 35.5. The Morgan fingerprint density at radius 3 is 2.87 bits per heavy atom. The normalized spacial score (nSPS) is 28.0. The van der Waals surface area contributed by atoms with Crippen LogP contribution in [0.25, 0.3) is 22.8 Å². The van der Waals surface area contributed by atoms with E-state index < -0.39 is 0 Å². The van der Waals surface area contributed by atoms with Crippen molar-refractivity contribution in [2.75, 3.05) is 19.6 Å². The van der Waals surface area contributed by atoms with E-state index in [0.717, 1.165) is 35.1 Å². The van der Waals surface area contributed by atoms with Crippen LogP contribution >= 0.6 is 11.6 Å². The molecule has 2 atom stereocenters. The lowest BCUT2D eigenvalue weighted by molar-refractivity contribution is 0.0663. The van der Waals surface area contributed by atoms with E-state index in [0.29, 0.717) is 16.9 Å². The lowest BCUT2D eigenvalue weighted by atomic mass is 9.84.